The van der Waals surface area contributed by atoms with Crippen LogP contribution in [0.2, 0.25) is 0 Å². The van der Waals surface area contributed by atoms with Gasteiger partial charge < -0.3 is 18.9 Å². The van der Waals surface area contributed by atoms with Gasteiger partial charge in [-0.2, -0.15) is 0 Å². The van der Waals surface area contributed by atoms with Crippen LogP contribution in [-0.2, 0) is 28.5 Å². The standard InChI is InChI=1S/C17H32O6/c1-15(18)5-7-20-9-11-22-13-14-23-12-10-21-8-6-16(19)17(2,3)4/h5-14H2,1-4H3. The molecular formula is C17H32O6. The van der Waals surface area contributed by atoms with Crippen LogP contribution in [0.3, 0.4) is 0 Å². The van der Waals surface area contributed by atoms with Gasteiger partial charge in [-0.3, -0.25) is 9.59 Å². The Kier molecular flexibility index (Phi) is 13.1. The van der Waals surface area contributed by atoms with Gasteiger partial charge >= 0.3 is 0 Å². The molecule has 0 rings (SSSR count). The molecule has 0 heterocycles. The molecule has 0 saturated heterocycles. The third kappa shape index (κ3) is 15.8. The van der Waals surface area contributed by atoms with Gasteiger partial charge in [0.05, 0.1) is 52.9 Å². The molecule has 0 unspecified atom stereocenters. The Morgan fingerprint density at radius 3 is 1.35 bits per heavy atom. The summed E-state index contributed by atoms with van der Waals surface area (Å²) in [4.78, 5) is 22.3. The quantitative estimate of drug-likeness (QED) is 0.427. The predicted octanol–water partition coefficient (Wildman–Crippen LogP) is 2.04. The van der Waals surface area contributed by atoms with E-state index >= 15 is 0 Å². The molecule has 0 aromatic rings. The van der Waals surface area contributed by atoms with Gasteiger partial charge in [-0.1, -0.05) is 20.8 Å². The summed E-state index contributed by atoms with van der Waals surface area (Å²) >= 11 is 0. The second-order valence-corrected chi connectivity index (χ2v) is 6.32. The number of hydrogen-bond acceptors (Lipinski definition) is 6. The maximum Gasteiger partial charge on any atom is 0.140 e. The van der Waals surface area contributed by atoms with Gasteiger partial charge in [-0.25, -0.2) is 0 Å². The number of rotatable bonds is 15. The molecule has 6 nitrogen and oxygen atoms in total. The number of carbonyl (C=O) groups excluding carboxylic acids is 2. The second-order valence-electron chi connectivity index (χ2n) is 6.32. The summed E-state index contributed by atoms with van der Waals surface area (Å²) in [5.74, 6) is 0.335. The first kappa shape index (κ1) is 22.2. The second kappa shape index (κ2) is 13.6. The molecule has 0 N–H and O–H groups in total. The zero-order valence-corrected chi connectivity index (χ0v) is 15.0. The summed E-state index contributed by atoms with van der Waals surface area (Å²) in [5, 5.41) is 0. The van der Waals surface area contributed by atoms with E-state index in [1.54, 1.807) is 6.92 Å². The van der Waals surface area contributed by atoms with E-state index < -0.39 is 0 Å². The van der Waals surface area contributed by atoms with Crippen LogP contribution >= 0.6 is 0 Å². The SMILES string of the molecule is CC(=O)CCOCCOCCOCCOCCC(=O)C(C)(C)C. The summed E-state index contributed by atoms with van der Waals surface area (Å²) in [6.45, 7) is 11.1. The maximum atomic E-state index is 11.6. The monoisotopic (exact) mass is 332 g/mol. The third-order valence-corrected chi connectivity index (χ3v) is 3.02. The third-order valence-electron chi connectivity index (χ3n) is 3.02. The maximum absolute atomic E-state index is 11.6. The van der Waals surface area contributed by atoms with E-state index in [9.17, 15) is 9.59 Å². The molecule has 0 aliphatic heterocycles. The molecule has 23 heavy (non-hydrogen) atoms. The lowest BCUT2D eigenvalue weighted by atomic mass is 9.89. The van der Waals surface area contributed by atoms with Crippen LogP contribution in [-0.4, -0.2) is 64.4 Å². The molecule has 0 spiro atoms. The minimum atomic E-state index is -0.299. The Balaban J connectivity index is 3.17. The molecule has 0 atom stereocenters. The molecule has 0 aliphatic rings. The molecule has 6 heteroatoms. The highest BCUT2D eigenvalue weighted by molar-refractivity contribution is 5.83. The van der Waals surface area contributed by atoms with Crippen LogP contribution in [0.5, 0.6) is 0 Å². The van der Waals surface area contributed by atoms with Gasteiger partial charge in [-0.15, -0.1) is 0 Å². The topological polar surface area (TPSA) is 71.1 Å². The Hall–Kier alpha value is -0.820. The average Bonchev–Trinajstić information content (AvgIpc) is 2.46. The Bertz CT molecular complexity index is 322. The average molecular weight is 332 g/mol. The Morgan fingerprint density at radius 2 is 1.00 bits per heavy atom. The van der Waals surface area contributed by atoms with E-state index in [2.05, 4.69) is 0 Å². The first-order valence-corrected chi connectivity index (χ1v) is 8.17. The van der Waals surface area contributed by atoms with Gasteiger partial charge in [0, 0.05) is 18.3 Å². The first-order valence-electron chi connectivity index (χ1n) is 8.17. The summed E-state index contributed by atoms with van der Waals surface area (Å²) in [7, 11) is 0. The zero-order chi connectivity index (χ0) is 17.6. The van der Waals surface area contributed by atoms with E-state index in [0.29, 0.717) is 65.7 Å². The molecule has 0 radical (unpaired) electrons. The lowest BCUT2D eigenvalue weighted by Gasteiger charge is -2.16. The van der Waals surface area contributed by atoms with Crippen molar-refractivity contribution in [1.82, 2.24) is 0 Å². The number of carbonyl (C=O) groups is 2. The van der Waals surface area contributed by atoms with Crippen molar-refractivity contribution in [2.75, 3.05) is 52.9 Å². The highest BCUT2D eigenvalue weighted by Crippen LogP contribution is 2.16. The van der Waals surface area contributed by atoms with Crippen molar-refractivity contribution in [3.63, 3.8) is 0 Å². The fraction of sp³-hybridized carbons (Fsp3) is 0.882. The van der Waals surface area contributed by atoms with Crippen molar-refractivity contribution in [3.05, 3.63) is 0 Å². The summed E-state index contributed by atoms with van der Waals surface area (Å²) < 4.78 is 21.2. The molecular weight excluding hydrogens is 300 g/mol. The van der Waals surface area contributed by atoms with Crippen molar-refractivity contribution < 1.29 is 28.5 Å². The van der Waals surface area contributed by atoms with Crippen LogP contribution in [0.1, 0.15) is 40.5 Å². The molecule has 0 aromatic carbocycles. The summed E-state index contributed by atoms with van der Waals surface area (Å²) in [5.41, 5.74) is -0.299. The van der Waals surface area contributed by atoms with Crippen LogP contribution in [0.25, 0.3) is 0 Å². The van der Waals surface area contributed by atoms with Gasteiger partial charge in [0.2, 0.25) is 0 Å². The molecule has 0 saturated carbocycles. The zero-order valence-electron chi connectivity index (χ0n) is 15.0. The van der Waals surface area contributed by atoms with E-state index in [4.69, 9.17) is 18.9 Å². The Labute approximate surface area is 139 Å². The first-order chi connectivity index (χ1) is 10.8. The molecule has 0 amide bonds. The fourth-order valence-electron chi connectivity index (χ4n) is 1.52. The number of Topliss-reactive ketones (excluding diaryl/α,β-unsaturated/α-hetero) is 2. The summed E-state index contributed by atoms with van der Waals surface area (Å²) in [6, 6.07) is 0. The van der Waals surface area contributed by atoms with Gasteiger partial charge in [0.25, 0.3) is 0 Å². The van der Waals surface area contributed by atoms with E-state index in [-0.39, 0.29) is 17.0 Å². The minimum absolute atomic E-state index is 0.129. The van der Waals surface area contributed by atoms with E-state index in [0.717, 1.165) is 0 Å². The van der Waals surface area contributed by atoms with E-state index in [1.165, 1.54) is 0 Å². The minimum Gasteiger partial charge on any atom is -0.379 e. The van der Waals surface area contributed by atoms with Gasteiger partial charge in [0.15, 0.2) is 0 Å². The van der Waals surface area contributed by atoms with Crippen molar-refractivity contribution in [2.24, 2.45) is 5.41 Å². The lowest BCUT2D eigenvalue weighted by Crippen LogP contribution is -2.22. The van der Waals surface area contributed by atoms with Crippen LogP contribution < -0.4 is 0 Å². The summed E-state index contributed by atoms with van der Waals surface area (Å²) in [6.07, 6.45) is 0.890. The number of ether oxygens (including phenoxy) is 4. The lowest BCUT2D eigenvalue weighted by molar-refractivity contribution is -0.127. The largest absolute Gasteiger partial charge is 0.379 e. The fourth-order valence-corrected chi connectivity index (χ4v) is 1.52. The molecule has 136 valence electrons. The smallest absolute Gasteiger partial charge is 0.140 e. The van der Waals surface area contributed by atoms with Crippen molar-refractivity contribution in [2.45, 2.75) is 40.5 Å². The molecule has 0 bridgehead atoms. The molecule has 0 aromatic heterocycles. The predicted molar refractivity (Wildman–Crippen MR) is 87.7 cm³/mol. The van der Waals surface area contributed by atoms with Crippen LogP contribution in [0.4, 0.5) is 0 Å². The normalized spacial score (nSPS) is 11.7. The van der Waals surface area contributed by atoms with Crippen molar-refractivity contribution >= 4 is 11.6 Å². The van der Waals surface area contributed by atoms with Crippen molar-refractivity contribution in [3.8, 4) is 0 Å². The molecule has 0 aliphatic carbocycles. The Morgan fingerprint density at radius 1 is 0.652 bits per heavy atom. The number of ketones is 2. The van der Waals surface area contributed by atoms with Crippen molar-refractivity contribution in [1.29, 1.82) is 0 Å². The highest BCUT2D eigenvalue weighted by Gasteiger charge is 2.20. The highest BCUT2D eigenvalue weighted by atomic mass is 16.6. The number of hydrogen-bond donors (Lipinski definition) is 0. The van der Waals surface area contributed by atoms with Gasteiger partial charge in [-0.05, 0) is 6.92 Å². The molecule has 0 fully saturated rings. The van der Waals surface area contributed by atoms with Gasteiger partial charge in [0.1, 0.15) is 11.6 Å². The van der Waals surface area contributed by atoms with E-state index in [1.807, 2.05) is 20.8 Å². The van der Waals surface area contributed by atoms with Crippen LogP contribution in [0, 0.1) is 5.41 Å². The van der Waals surface area contributed by atoms with Crippen LogP contribution in [0.15, 0.2) is 0 Å².